The Morgan fingerprint density at radius 1 is 0.931 bits per heavy atom. The molecule has 3 N–H and O–H groups in total. The Morgan fingerprint density at radius 3 is 2.28 bits per heavy atom. The van der Waals surface area contributed by atoms with Crippen LogP contribution in [-0.4, -0.2) is 51.7 Å². The average molecular weight is 415 g/mol. The minimum Gasteiger partial charge on any atom is -0.372 e. The van der Waals surface area contributed by atoms with Crippen LogP contribution in [0.25, 0.3) is 0 Å². The molecule has 2 aliphatic heterocycles. The Morgan fingerprint density at radius 2 is 1.62 bits per heavy atom. The van der Waals surface area contributed by atoms with Crippen molar-refractivity contribution >= 4 is 28.6 Å². The van der Waals surface area contributed by atoms with Crippen LogP contribution in [0, 0.1) is 0 Å². The van der Waals surface area contributed by atoms with Gasteiger partial charge in [0.2, 0.25) is 0 Å². The van der Waals surface area contributed by atoms with Gasteiger partial charge in [-0.3, -0.25) is 4.79 Å². The van der Waals surface area contributed by atoms with Crippen LogP contribution in [0.15, 0.2) is 41.1 Å². The van der Waals surface area contributed by atoms with E-state index in [2.05, 4.69) is 51.3 Å². The second kappa shape index (κ2) is 10.2. The van der Waals surface area contributed by atoms with Gasteiger partial charge in [0.25, 0.3) is 5.91 Å². The van der Waals surface area contributed by atoms with Gasteiger partial charge in [-0.05, 0) is 53.9 Å². The fourth-order valence-corrected chi connectivity index (χ4v) is 5.18. The first-order valence-electron chi connectivity index (χ1n) is 11.1. The first-order chi connectivity index (χ1) is 14.3. The fraction of sp³-hybridized carbons (Fsp3) is 0.522. The van der Waals surface area contributed by atoms with Gasteiger partial charge in [0.05, 0.1) is 0 Å². The van der Waals surface area contributed by atoms with Gasteiger partial charge in [0.1, 0.15) is 32.7 Å². The van der Waals surface area contributed by atoms with Gasteiger partial charge in [0.15, 0.2) is 6.54 Å². The summed E-state index contributed by atoms with van der Waals surface area (Å²) in [7, 11) is 0. The number of rotatable bonds is 6. The molecule has 0 bridgehead atoms. The Hall–Kier alpha value is -1.89. The van der Waals surface area contributed by atoms with E-state index in [1.54, 1.807) is 16.2 Å². The molecular formula is C23H34N4OS+2. The molecule has 2 aliphatic rings. The van der Waals surface area contributed by atoms with Crippen LogP contribution in [0.2, 0.25) is 0 Å². The number of piperazine rings is 1. The lowest BCUT2D eigenvalue weighted by Crippen LogP contribution is -3.28. The highest BCUT2D eigenvalue weighted by molar-refractivity contribution is 7.07. The number of amides is 1. The Labute approximate surface area is 178 Å². The largest absolute Gasteiger partial charge is 0.372 e. The van der Waals surface area contributed by atoms with E-state index < -0.39 is 0 Å². The summed E-state index contributed by atoms with van der Waals surface area (Å²) in [4.78, 5) is 18.0. The van der Waals surface area contributed by atoms with Gasteiger partial charge in [-0.1, -0.05) is 12.8 Å². The number of carbonyl (C=O) groups is 1. The number of hydrogen-bond acceptors (Lipinski definition) is 3. The van der Waals surface area contributed by atoms with Crippen LogP contribution < -0.4 is 20.0 Å². The first-order valence-corrected chi connectivity index (χ1v) is 12.0. The van der Waals surface area contributed by atoms with Gasteiger partial charge in [-0.2, -0.15) is 11.3 Å². The Balaban J connectivity index is 1.20. The lowest BCUT2D eigenvalue weighted by atomic mass is 10.2. The van der Waals surface area contributed by atoms with Gasteiger partial charge in [-0.25, -0.2) is 0 Å². The number of quaternary nitrogens is 2. The molecule has 5 nitrogen and oxygen atoms in total. The van der Waals surface area contributed by atoms with E-state index in [9.17, 15) is 4.79 Å². The molecule has 0 atom stereocenters. The van der Waals surface area contributed by atoms with Crippen LogP contribution in [0.1, 0.15) is 31.2 Å². The number of carbonyl (C=O) groups excluding carboxylic acids is 1. The summed E-state index contributed by atoms with van der Waals surface area (Å²) in [6.07, 6.45) is 5.25. The van der Waals surface area contributed by atoms with Crippen LogP contribution in [-0.2, 0) is 11.3 Å². The minimum atomic E-state index is 0.129. The van der Waals surface area contributed by atoms with E-state index in [-0.39, 0.29) is 5.91 Å². The van der Waals surface area contributed by atoms with Crippen LogP contribution in [0.5, 0.6) is 0 Å². The maximum atomic E-state index is 12.5. The number of benzene rings is 1. The van der Waals surface area contributed by atoms with Crippen molar-refractivity contribution in [1.82, 2.24) is 0 Å². The predicted molar refractivity (Wildman–Crippen MR) is 120 cm³/mol. The van der Waals surface area contributed by atoms with E-state index in [0.29, 0.717) is 6.54 Å². The Kier molecular flexibility index (Phi) is 7.19. The molecule has 2 fully saturated rings. The molecule has 0 radical (unpaired) electrons. The molecule has 0 saturated carbocycles. The highest BCUT2D eigenvalue weighted by atomic mass is 32.1. The van der Waals surface area contributed by atoms with Gasteiger partial charge in [0, 0.05) is 30.0 Å². The molecule has 3 heterocycles. The lowest BCUT2D eigenvalue weighted by molar-refractivity contribution is -1.02. The second-order valence-corrected chi connectivity index (χ2v) is 9.26. The van der Waals surface area contributed by atoms with Crippen molar-refractivity contribution in [2.75, 3.05) is 56.0 Å². The summed E-state index contributed by atoms with van der Waals surface area (Å²) in [5.41, 5.74) is 3.63. The molecule has 0 unspecified atom stereocenters. The van der Waals surface area contributed by atoms with Gasteiger partial charge < -0.3 is 20.0 Å². The highest BCUT2D eigenvalue weighted by Crippen LogP contribution is 2.21. The molecular weight excluding hydrogens is 380 g/mol. The van der Waals surface area contributed by atoms with Crippen LogP contribution >= 0.6 is 11.3 Å². The minimum absolute atomic E-state index is 0.129. The molecule has 156 valence electrons. The highest BCUT2D eigenvalue weighted by Gasteiger charge is 2.25. The van der Waals surface area contributed by atoms with E-state index >= 15 is 0 Å². The molecule has 0 spiro atoms. The molecule has 2 saturated heterocycles. The molecule has 2 aromatic rings. The van der Waals surface area contributed by atoms with E-state index in [4.69, 9.17) is 0 Å². The van der Waals surface area contributed by atoms with Gasteiger partial charge >= 0.3 is 0 Å². The monoisotopic (exact) mass is 414 g/mol. The lowest BCUT2D eigenvalue weighted by Gasteiger charge is -2.29. The molecule has 4 rings (SSSR count). The number of hydrogen-bond donors (Lipinski definition) is 3. The third-order valence-corrected chi connectivity index (χ3v) is 6.96. The SMILES string of the molecule is O=C(C[NH+]1CC[NH+](Cc2ccsc2)CC1)Nc1ccc(N2CCCCCC2)cc1. The van der Waals surface area contributed by atoms with E-state index in [1.807, 2.05) is 0 Å². The smallest absolute Gasteiger partial charge is 0.279 e. The summed E-state index contributed by atoms with van der Waals surface area (Å²) < 4.78 is 0. The van der Waals surface area contributed by atoms with Crippen molar-refractivity contribution in [2.45, 2.75) is 32.2 Å². The zero-order valence-corrected chi connectivity index (χ0v) is 18.1. The third kappa shape index (κ3) is 6.04. The molecule has 29 heavy (non-hydrogen) atoms. The molecule has 0 aliphatic carbocycles. The topological polar surface area (TPSA) is 41.2 Å². The van der Waals surface area contributed by atoms with Crippen molar-refractivity contribution in [2.24, 2.45) is 0 Å². The van der Waals surface area contributed by atoms with Crippen molar-refractivity contribution in [3.63, 3.8) is 0 Å². The van der Waals surface area contributed by atoms with Gasteiger partial charge in [-0.15, -0.1) is 0 Å². The predicted octanol–water partition coefficient (Wildman–Crippen LogP) is 1.05. The number of nitrogens with one attached hydrogen (secondary N) is 3. The second-order valence-electron chi connectivity index (χ2n) is 8.48. The number of thiophene rings is 1. The van der Waals surface area contributed by atoms with E-state index in [1.165, 1.54) is 41.8 Å². The maximum Gasteiger partial charge on any atom is 0.279 e. The fourth-order valence-electron chi connectivity index (χ4n) is 4.51. The zero-order valence-electron chi connectivity index (χ0n) is 17.3. The molecule has 1 aromatic heterocycles. The molecule has 6 heteroatoms. The summed E-state index contributed by atoms with van der Waals surface area (Å²) in [6.45, 7) is 8.41. The summed E-state index contributed by atoms with van der Waals surface area (Å²) in [5.74, 6) is 0.129. The maximum absolute atomic E-state index is 12.5. The van der Waals surface area contributed by atoms with Crippen molar-refractivity contribution in [3.05, 3.63) is 46.7 Å². The van der Waals surface area contributed by atoms with Crippen molar-refractivity contribution < 1.29 is 14.6 Å². The van der Waals surface area contributed by atoms with Crippen LogP contribution in [0.4, 0.5) is 11.4 Å². The number of nitrogens with zero attached hydrogens (tertiary/aromatic N) is 1. The van der Waals surface area contributed by atoms with E-state index in [0.717, 1.165) is 51.5 Å². The summed E-state index contributed by atoms with van der Waals surface area (Å²) in [5, 5.41) is 7.50. The van der Waals surface area contributed by atoms with Crippen LogP contribution in [0.3, 0.4) is 0 Å². The zero-order chi connectivity index (χ0) is 19.9. The normalized spacial score (nSPS) is 22.8. The van der Waals surface area contributed by atoms with Crippen molar-refractivity contribution in [1.29, 1.82) is 0 Å². The quantitative estimate of drug-likeness (QED) is 0.661. The molecule has 1 amide bonds. The third-order valence-electron chi connectivity index (χ3n) is 6.23. The Bertz CT molecular complexity index is 746. The standard InChI is InChI=1S/C23H32N4OS/c28-23(18-26-14-12-25(13-15-26)17-20-9-16-29-19-20)24-21-5-7-22(8-6-21)27-10-3-1-2-4-11-27/h5-9,16,19H,1-4,10-15,17-18H2,(H,24,28)/p+2. The first kappa shape index (κ1) is 20.4. The summed E-state index contributed by atoms with van der Waals surface area (Å²) >= 11 is 1.77. The molecule has 1 aromatic carbocycles. The number of anilines is 2. The average Bonchev–Trinajstić information content (AvgIpc) is 3.09. The van der Waals surface area contributed by atoms with Crippen molar-refractivity contribution in [3.8, 4) is 0 Å². The summed E-state index contributed by atoms with van der Waals surface area (Å²) in [6, 6.07) is 10.6.